The lowest BCUT2D eigenvalue weighted by molar-refractivity contribution is 0.174. The van der Waals surface area contributed by atoms with Crippen molar-refractivity contribution in [3.05, 3.63) is 52.4 Å². The number of aryl methyl sites for hydroxylation is 1. The molecule has 0 bridgehead atoms. The fraction of sp³-hybridized carbons (Fsp3) is 0.118. The van der Waals surface area contributed by atoms with Crippen molar-refractivity contribution in [3.8, 4) is 22.8 Å². The number of thiazole rings is 1. The van der Waals surface area contributed by atoms with Crippen LogP contribution in [0.15, 0.2) is 41.8 Å². The van der Waals surface area contributed by atoms with E-state index in [1.807, 2.05) is 41.8 Å². The number of fused-ring (bicyclic) bond motifs is 1. The van der Waals surface area contributed by atoms with Crippen LogP contribution in [0.5, 0.6) is 11.5 Å². The number of ether oxygens (including phenoxy) is 2. The highest BCUT2D eigenvalue weighted by Crippen LogP contribution is 2.36. The minimum absolute atomic E-state index is 0.272. The van der Waals surface area contributed by atoms with Gasteiger partial charge < -0.3 is 14.8 Å². The molecule has 0 unspecified atom stereocenters. The van der Waals surface area contributed by atoms with Crippen molar-refractivity contribution in [2.75, 3.05) is 12.1 Å². The molecule has 1 N–H and O–H groups in total. The topological polar surface area (TPSA) is 43.4 Å². The summed E-state index contributed by atoms with van der Waals surface area (Å²) in [7, 11) is 0. The zero-order chi connectivity index (χ0) is 15.8. The Hall–Kier alpha value is -2.24. The smallest absolute Gasteiger partial charge is 0.231 e. The van der Waals surface area contributed by atoms with Gasteiger partial charge in [-0.3, -0.25) is 0 Å². The first kappa shape index (κ1) is 14.4. The summed E-state index contributed by atoms with van der Waals surface area (Å²) in [6.07, 6.45) is 0. The average molecular weight is 345 g/mol. The summed E-state index contributed by atoms with van der Waals surface area (Å²) in [5.41, 5.74) is 4.03. The second-order valence-corrected chi connectivity index (χ2v) is 6.48. The number of hydrogen-bond donors (Lipinski definition) is 1. The Labute approximate surface area is 142 Å². The van der Waals surface area contributed by atoms with Crippen molar-refractivity contribution in [1.82, 2.24) is 4.98 Å². The van der Waals surface area contributed by atoms with E-state index < -0.39 is 0 Å². The molecular weight excluding hydrogens is 332 g/mol. The molecule has 0 atom stereocenters. The van der Waals surface area contributed by atoms with E-state index in [4.69, 9.17) is 21.1 Å². The van der Waals surface area contributed by atoms with Crippen molar-refractivity contribution in [1.29, 1.82) is 0 Å². The normalized spacial score (nSPS) is 12.4. The van der Waals surface area contributed by atoms with Gasteiger partial charge in [0.05, 0.1) is 5.69 Å². The Morgan fingerprint density at radius 3 is 2.91 bits per heavy atom. The Balaban J connectivity index is 1.60. The first-order valence-electron chi connectivity index (χ1n) is 7.08. The van der Waals surface area contributed by atoms with Gasteiger partial charge in [-0.15, -0.1) is 11.3 Å². The average Bonchev–Trinajstić information content (AvgIpc) is 3.18. The van der Waals surface area contributed by atoms with Crippen LogP contribution in [0.4, 0.5) is 10.8 Å². The van der Waals surface area contributed by atoms with Gasteiger partial charge in [-0.2, -0.15) is 0 Å². The maximum Gasteiger partial charge on any atom is 0.231 e. The molecule has 2 aromatic carbocycles. The highest BCUT2D eigenvalue weighted by Gasteiger charge is 2.14. The molecule has 0 fully saturated rings. The van der Waals surface area contributed by atoms with E-state index in [1.165, 1.54) is 0 Å². The lowest BCUT2D eigenvalue weighted by atomic mass is 10.1. The number of anilines is 2. The van der Waals surface area contributed by atoms with Crippen molar-refractivity contribution >= 4 is 33.8 Å². The standard InChI is InChI=1S/C17H13ClN2O2S/c1-10-2-3-11(18)6-13(10)14-8-23-17(20-14)19-12-4-5-15-16(7-12)22-9-21-15/h2-8H,9H2,1H3,(H,19,20). The van der Waals surface area contributed by atoms with Gasteiger partial charge in [0.25, 0.3) is 0 Å². The van der Waals surface area contributed by atoms with E-state index in [-0.39, 0.29) is 6.79 Å². The molecule has 1 aliphatic rings. The SMILES string of the molecule is Cc1ccc(Cl)cc1-c1csc(Nc2ccc3c(c2)OCO3)n1. The van der Waals surface area contributed by atoms with Crippen LogP contribution in [-0.4, -0.2) is 11.8 Å². The van der Waals surface area contributed by atoms with Gasteiger partial charge in [0.2, 0.25) is 6.79 Å². The number of hydrogen-bond acceptors (Lipinski definition) is 5. The fourth-order valence-corrected chi connectivity index (χ4v) is 3.33. The summed E-state index contributed by atoms with van der Waals surface area (Å²) in [6, 6.07) is 11.6. The molecule has 0 aliphatic carbocycles. The van der Waals surface area contributed by atoms with Crippen LogP contribution >= 0.6 is 22.9 Å². The molecule has 23 heavy (non-hydrogen) atoms. The molecule has 0 saturated heterocycles. The number of nitrogens with one attached hydrogen (secondary N) is 1. The second kappa shape index (κ2) is 5.76. The molecule has 3 aromatic rings. The minimum atomic E-state index is 0.272. The first-order valence-corrected chi connectivity index (χ1v) is 8.33. The van der Waals surface area contributed by atoms with E-state index in [0.717, 1.165) is 39.1 Å². The third-order valence-corrected chi connectivity index (χ3v) is 4.60. The Kier molecular flexibility index (Phi) is 3.59. The summed E-state index contributed by atoms with van der Waals surface area (Å²) < 4.78 is 10.7. The van der Waals surface area contributed by atoms with Gasteiger partial charge in [-0.05, 0) is 36.8 Å². The molecule has 4 nitrogen and oxygen atoms in total. The zero-order valence-corrected chi connectivity index (χ0v) is 13.9. The van der Waals surface area contributed by atoms with Gasteiger partial charge in [-0.1, -0.05) is 17.7 Å². The molecular formula is C17H13ClN2O2S. The molecule has 2 heterocycles. The lowest BCUT2D eigenvalue weighted by Crippen LogP contribution is -1.93. The van der Waals surface area contributed by atoms with E-state index >= 15 is 0 Å². The summed E-state index contributed by atoms with van der Waals surface area (Å²) >= 11 is 7.64. The fourth-order valence-electron chi connectivity index (χ4n) is 2.42. The van der Waals surface area contributed by atoms with Crippen molar-refractivity contribution in [2.45, 2.75) is 6.92 Å². The highest BCUT2D eigenvalue weighted by atomic mass is 35.5. The Morgan fingerprint density at radius 2 is 2.00 bits per heavy atom. The van der Waals surface area contributed by atoms with E-state index in [0.29, 0.717) is 5.02 Å². The van der Waals surface area contributed by atoms with Crippen LogP contribution in [0.1, 0.15) is 5.56 Å². The first-order chi connectivity index (χ1) is 11.2. The molecule has 0 saturated carbocycles. The van der Waals surface area contributed by atoms with Crippen LogP contribution in [0, 0.1) is 6.92 Å². The third kappa shape index (κ3) is 2.85. The van der Waals surface area contributed by atoms with Gasteiger partial charge in [-0.25, -0.2) is 4.98 Å². The predicted molar refractivity (Wildman–Crippen MR) is 93.1 cm³/mol. The summed E-state index contributed by atoms with van der Waals surface area (Å²) in [5, 5.41) is 6.85. The summed E-state index contributed by atoms with van der Waals surface area (Å²) in [6.45, 7) is 2.32. The number of aromatic nitrogens is 1. The number of benzene rings is 2. The van der Waals surface area contributed by atoms with Crippen molar-refractivity contribution in [2.24, 2.45) is 0 Å². The molecule has 1 aliphatic heterocycles. The molecule has 1 aromatic heterocycles. The lowest BCUT2D eigenvalue weighted by Gasteiger charge is -2.04. The predicted octanol–water partition coefficient (Wildman–Crippen LogP) is 5.24. The summed E-state index contributed by atoms with van der Waals surface area (Å²) in [5.74, 6) is 1.52. The molecule has 0 radical (unpaired) electrons. The maximum atomic E-state index is 6.09. The van der Waals surface area contributed by atoms with Crippen molar-refractivity contribution < 1.29 is 9.47 Å². The molecule has 116 valence electrons. The highest BCUT2D eigenvalue weighted by molar-refractivity contribution is 7.14. The van der Waals surface area contributed by atoms with E-state index in [2.05, 4.69) is 17.2 Å². The number of nitrogens with zero attached hydrogens (tertiary/aromatic N) is 1. The monoisotopic (exact) mass is 344 g/mol. The molecule has 6 heteroatoms. The largest absolute Gasteiger partial charge is 0.454 e. The Morgan fingerprint density at radius 1 is 1.13 bits per heavy atom. The molecule has 4 rings (SSSR count). The van der Waals surface area contributed by atoms with Gasteiger partial charge in [0.15, 0.2) is 16.6 Å². The zero-order valence-electron chi connectivity index (χ0n) is 12.3. The van der Waals surface area contributed by atoms with Gasteiger partial charge >= 0.3 is 0 Å². The van der Waals surface area contributed by atoms with Crippen LogP contribution in [0.3, 0.4) is 0 Å². The quantitative estimate of drug-likeness (QED) is 0.705. The Bertz CT molecular complexity index is 879. The number of halogens is 1. The van der Waals surface area contributed by atoms with Crippen LogP contribution in [-0.2, 0) is 0 Å². The van der Waals surface area contributed by atoms with Gasteiger partial charge in [0, 0.05) is 27.7 Å². The minimum Gasteiger partial charge on any atom is -0.454 e. The third-order valence-electron chi connectivity index (χ3n) is 3.60. The van der Waals surface area contributed by atoms with E-state index in [1.54, 1.807) is 11.3 Å². The molecule has 0 amide bonds. The van der Waals surface area contributed by atoms with Crippen LogP contribution < -0.4 is 14.8 Å². The maximum absolute atomic E-state index is 6.09. The van der Waals surface area contributed by atoms with Crippen molar-refractivity contribution in [3.63, 3.8) is 0 Å². The van der Waals surface area contributed by atoms with E-state index in [9.17, 15) is 0 Å². The van der Waals surface area contributed by atoms with Gasteiger partial charge in [0.1, 0.15) is 0 Å². The summed E-state index contributed by atoms with van der Waals surface area (Å²) in [4.78, 5) is 4.65. The second-order valence-electron chi connectivity index (χ2n) is 5.19. The van der Waals surface area contributed by atoms with Crippen LogP contribution in [0.25, 0.3) is 11.3 Å². The number of rotatable bonds is 3. The van der Waals surface area contributed by atoms with Crippen LogP contribution in [0.2, 0.25) is 5.02 Å². The molecule has 0 spiro atoms.